The topological polar surface area (TPSA) is 151 Å². The molecule has 1 unspecified atom stereocenters. The number of nitro groups is 1. The van der Waals surface area contributed by atoms with Gasteiger partial charge in [-0.3, -0.25) is 0 Å². The number of imidazole rings is 2. The second-order valence-electron chi connectivity index (χ2n) is 4.62. The lowest BCUT2D eigenvalue weighted by molar-refractivity contribution is -0.397. The lowest BCUT2D eigenvalue weighted by atomic mass is 10.3. The zero-order chi connectivity index (χ0) is 15.7. The van der Waals surface area contributed by atoms with Gasteiger partial charge in [-0.2, -0.15) is 0 Å². The average Bonchev–Trinajstić information content (AvgIpc) is 3.07. The van der Waals surface area contributed by atoms with E-state index in [9.17, 15) is 15.2 Å². The summed E-state index contributed by atoms with van der Waals surface area (Å²) in [7, 11) is 0. The Bertz CT molecular complexity index is 826. The number of anilines is 1. The molecule has 0 aliphatic rings. The molecule has 0 saturated carbocycles. The number of hydrogen-bond donors (Lipinski definition) is 2. The molecule has 0 amide bonds. The Labute approximate surface area is 123 Å². The van der Waals surface area contributed by atoms with Crippen molar-refractivity contribution in [3.8, 4) is 0 Å². The summed E-state index contributed by atoms with van der Waals surface area (Å²) in [5.41, 5.74) is 6.63. The third-order valence-corrected chi connectivity index (χ3v) is 3.10. The van der Waals surface area contributed by atoms with Gasteiger partial charge in [0.25, 0.3) is 0 Å². The minimum Gasteiger partial charge on any atom is -0.390 e. The highest BCUT2D eigenvalue weighted by molar-refractivity contribution is 5.81. The molecular weight excluding hydrogens is 292 g/mol. The normalized spacial score (nSPS) is 12.6. The summed E-state index contributed by atoms with van der Waals surface area (Å²) in [5.74, 6) is -0.0652. The van der Waals surface area contributed by atoms with Crippen molar-refractivity contribution in [1.82, 2.24) is 29.1 Å². The molecule has 22 heavy (non-hydrogen) atoms. The molecule has 0 saturated heterocycles. The molecule has 0 aliphatic carbocycles. The van der Waals surface area contributed by atoms with Crippen LogP contribution >= 0.6 is 0 Å². The van der Waals surface area contributed by atoms with E-state index < -0.39 is 11.0 Å². The van der Waals surface area contributed by atoms with Gasteiger partial charge in [0.2, 0.25) is 0 Å². The lowest BCUT2D eigenvalue weighted by Gasteiger charge is -2.11. The summed E-state index contributed by atoms with van der Waals surface area (Å²) >= 11 is 0. The molecule has 0 fully saturated rings. The van der Waals surface area contributed by atoms with Crippen LogP contribution in [0.1, 0.15) is 0 Å². The lowest BCUT2D eigenvalue weighted by Crippen LogP contribution is -2.22. The van der Waals surface area contributed by atoms with Gasteiger partial charge in [0.15, 0.2) is 11.5 Å². The number of aliphatic hydroxyl groups is 1. The van der Waals surface area contributed by atoms with Crippen LogP contribution in [0.5, 0.6) is 0 Å². The van der Waals surface area contributed by atoms with E-state index in [0.717, 1.165) is 0 Å². The number of rotatable bonds is 5. The fourth-order valence-corrected chi connectivity index (χ4v) is 2.16. The van der Waals surface area contributed by atoms with Crippen LogP contribution in [0.3, 0.4) is 0 Å². The van der Waals surface area contributed by atoms with E-state index in [0.29, 0.717) is 11.2 Å². The van der Waals surface area contributed by atoms with E-state index in [1.165, 1.54) is 29.6 Å². The van der Waals surface area contributed by atoms with Crippen LogP contribution in [-0.4, -0.2) is 45.2 Å². The van der Waals surface area contributed by atoms with Gasteiger partial charge in [-0.05, 0) is 4.92 Å². The van der Waals surface area contributed by atoms with Crippen molar-refractivity contribution in [3.63, 3.8) is 0 Å². The van der Waals surface area contributed by atoms with Gasteiger partial charge in [-0.25, -0.2) is 19.5 Å². The van der Waals surface area contributed by atoms with Crippen molar-refractivity contribution >= 4 is 22.9 Å². The minimum atomic E-state index is -0.888. The van der Waals surface area contributed by atoms with Crippen LogP contribution in [-0.2, 0) is 13.1 Å². The van der Waals surface area contributed by atoms with E-state index in [1.54, 1.807) is 4.57 Å². The summed E-state index contributed by atoms with van der Waals surface area (Å²) in [6, 6.07) is 0. The van der Waals surface area contributed by atoms with Gasteiger partial charge in [-0.1, -0.05) is 4.98 Å². The van der Waals surface area contributed by atoms with Gasteiger partial charge in [-0.15, -0.1) is 0 Å². The van der Waals surface area contributed by atoms with Gasteiger partial charge in [0.1, 0.15) is 30.3 Å². The quantitative estimate of drug-likeness (QED) is 0.476. The number of aliphatic hydroxyl groups excluding tert-OH is 1. The number of fused-ring (bicyclic) bond motifs is 1. The molecule has 114 valence electrons. The van der Waals surface area contributed by atoms with Crippen LogP contribution in [0.25, 0.3) is 11.2 Å². The fraction of sp³-hybridized carbons (Fsp3) is 0.273. The minimum absolute atomic E-state index is 0.0244. The van der Waals surface area contributed by atoms with E-state index in [-0.39, 0.29) is 24.9 Å². The Kier molecular flexibility index (Phi) is 3.39. The molecule has 0 aromatic carbocycles. The van der Waals surface area contributed by atoms with Gasteiger partial charge in [0.05, 0.1) is 19.4 Å². The van der Waals surface area contributed by atoms with E-state index in [1.807, 2.05) is 0 Å². The van der Waals surface area contributed by atoms with Gasteiger partial charge >= 0.3 is 5.95 Å². The first-order valence-corrected chi connectivity index (χ1v) is 6.31. The molecule has 1 atom stereocenters. The molecular formula is C11H12N8O3. The summed E-state index contributed by atoms with van der Waals surface area (Å²) < 4.78 is 2.88. The fourth-order valence-electron chi connectivity index (χ4n) is 2.16. The summed E-state index contributed by atoms with van der Waals surface area (Å²) in [6.07, 6.45) is 4.66. The van der Waals surface area contributed by atoms with E-state index >= 15 is 0 Å². The number of nitrogen functional groups attached to an aromatic ring is 1. The molecule has 0 spiro atoms. The summed E-state index contributed by atoms with van der Waals surface area (Å²) in [4.78, 5) is 25.8. The molecule has 3 aromatic heterocycles. The maximum Gasteiger partial charge on any atom is 0.434 e. The first-order valence-electron chi connectivity index (χ1n) is 6.31. The Morgan fingerprint density at radius 3 is 2.82 bits per heavy atom. The van der Waals surface area contributed by atoms with Crippen molar-refractivity contribution in [2.75, 3.05) is 5.73 Å². The van der Waals surface area contributed by atoms with Crippen LogP contribution in [0.15, 0.2) is 25.0 Å². The maximum absolute atomic E-state index is 10.8. The highest BCUT2D eigenvalue weighted by Gasteiger charge is 2.18. The highest BCUT2D eigenvalue weighted by Crippen LogP contribution is 2.15. The van der Waals surface area contributed by atoms with E-state index in [4.69, 9.17) is 5.73 Å². The SMILES string of the molecule is Nc1ncnc2c1ncn2CC(O)Cn1ccnc1[N+](=O)[O-]. The molecule has 3 heterocycles. The molecule has 3 rings (SSSR count). The van der Waals surface area contributed by atoms with Crippen LogP contribution < -0.4 is 5.73 Å². The van der Waals surface area contributed by atoms with Gasteiger partial charge < -0.3 is 25.5 Å². The molecule has 11 nitrogen and oxygen atoms in total. The Morgan fingerprint density at radius 1 is 1.27 bits per heavy atom. The van der Waals surface area contributed by atoms with Crippen molar-refractivity contribution in [2.24, 2.45) is 0 Å². The maximum atomic E-state index is 10.8. The monoisotopic (exact) mass is 304 g/mol. The number of aromatic nitrogens is 6. The zero-order valence-electron chi connectivity index (χ0n) is 11.3. The zero-order valence-corrected chi connectivity index (χ0v) is 11.3. The smallest absolute Gasteiger partial charge is 0.390 e. The van der Waals surface area contributed by atoms with Crippen LogP contribution in [0.2, 0.25) is 0 Å². The Morgan fingerprint density at radius 2 is 2.05 bits per heavy atom. The predicted octanol–water partition coefficient (Wildman–Crippen LogP) is -0.426. The average molecular weight is 304 g/mol. The number of hydrogen-bond acceptors (Lipinski definition) is 8. The van der Waals surface area contributed by atoms with Crippen molar-refractivity contribution in [3.05, 3.63) is 35.2 Å². The predicted molar refractivity (Wildman–Crippen MR) is 74.6 cm³/mol. The van der Waals surface area contributed by atoms with Crippen LogP contribution in [0, 0.1) is 10.1 Å². The van der Waals surface area contributed by atoms with E-state index in [2.05, 4.69) is 19.9 Å². The van der Waals surface area contributed by atoms with Crippen molar-refractivity contribution < 1.29 is 10.0 Å². The third kappa shape index (κ3) is 2.44. The number of nitrogens with two attached hydrogens (primary N) is 1. The van der Waals surface area contributed by atoms with Gasteiger partial charge in [0, 0.05) is 0 Å². The van der Waals surface area contributed by atoms with Crippen molar-refractivity contribution in [1.29, 1.82) is 0 Å². The third-order valence-electron chi connectivity index (χ3n) is 3.10. The van der Waals surface area contributed by atoms with Crippen molar-refractivity contribution in [2.45, 2.75) is 19.2 Å². The molecule has 11 heteroatoms. The second-order valence-corrected chi connectivity index (χ2v) is 4.62. The Hall–Kier alpha value is -3.08. The molecule has 0 aliphatic heterocycles. The Balaban J connectivity index is 1.79. The molecule has 0 radical (unpaired) electrons. The first-order chi connectivity index (χ1) is 10.6. The largest absolute Gasteiger partial charge is 0.434 e. The second kappa shape index (κ2) is 5.37. The highest BCUT2D eigenvalue weighted by atomic mass is 16.6. The molecule has 3 aromatic rings. The molecule has 0 bridgehead atoms. The summed E-state index contributed by atoms with van der Waals surface area (Å²) in [6.45, 7) is 0.179. The first kappa shape index (κ1) is 13.9. The summed E-state index contributed by atoms with van der Waals surface area (Å²) in [5, 5.41) is 20.9. The van der Waals surface area contributed by atoms with Crippen LogP contribution in [0.4, 0.5) is 11.8 Å². The molecule has 3 N–H and O–H groups in total. The number of nitrogens with zero attached hydrogens (tertiary/aromatic N) is 7. The standard InChI is InChI=1S/C11H12N8O3/c12-9-8-10(15-5-14-9)18(6-16-8)4-7(20)3-17-2-1-13-11(17)19(21)22/h1-2,5-7,20H,3-4H2,(H2,12,14,15).